The second kappa shape index (κ2) is 7.14. The summed E-state index contributed by atoms with van der Waals surface area (Å²) in [5, 5.41) is 3.10. The van der Waals surface area contributed by atoms with E-state index < -0.39 is 24.4 Å². The van der Waals surface area contributed by atoms with Crippen molar-refractivity contribution in [3.05, 3.63) is 65.2 Å². The highest BCUT2D eigenvalue weighted by Crippen LogP contribution is 2.17. The Balaban J connectivity index is 1.59. The number of fused-ring (bicyclic) bond motifs is 1. The van der Waals surface area contributed by atoms with E-state index in [1.165, 1.54) is 24.5 Å². The maximum absolute atomic E-state index is 12.0. The molecule has 0 aliphatic carbocycles. The van der Waals surface area contributed by atoms with Crippen molar-refractivity contribution in [1.29, 1.82) is 0 Å². The van der Waals surface area contributed by atoms with Crippen LogP contribution in [-0.2, 0) is 9.53 Å². The molecule has 2 heterocycles. The molecule has 1 N–H and O–H groups in total. The molecule has 7 nitrogen and oxygen atoms in total. The van der Waals surface area contributed by atoms with Crippen molar-refractivity contribution >= 4 is 40.3 Å². The summed E-state index contributed by atoms with van der Waals surface area (Å²) >= 11 is 5.80. The number of carbonyl (C=O) groups is 3. The third-order valence-corrected chi connectivity index (χ3v) is 3.43. The first-order valence-corrected chi connectivity index (χ1v) is 7.52. The largest absolute Gasteiger partial charge is 0.459 e. The number of aromatic nitrogens is 1. The minimum absolute atomic E-state index is 0.0135. The van der Waals surface area contributed by atoms with Gasteiger partial charge in [0.25, 0.3) is 11.8 Å². The standard InChI is InChI=1S/C17H11ClN2O5/c18-14-6-4-10-8-11(3-5-12(10)19-14)17(23)25-9-15(21)20-16(22)13-2-1-7-24-13/h1-8H,9H2,(H,20,21,22). The SMILES string of the molecule is O=C(COC(=O)c1ccc2nc(Cl)ccc2c1)NC(=O)c1ccco1. The molecule has 0 radical (unpaired) electrons. The van der Waals surface area contributed by atoms with Crippen LogP contribution < -0.4 is 5.32 Å². The molecule has 8 heteroatoms. The summed E-state index contributed by atoms with van der Waals surface area (Å²) in [6, 6.07) is 11.0. The van der Waals surface area contributed by atoms with E-state index in [1.807, 2.05) is 0 Å². The van der Waals surface area contributed by atoms with Gasteiger partial charge in [-0.1, -0.05) is 11.6 Å². The van der Waals surface area contributed by atoms with Crippen LogP contribution in [0.1, 0.15) is 20.9 Å². The molecule has 0 aliphatic rings. The van der Waals surface area contributed by atoms with Crippen molar-refractivity contribution in [3.8, 4) is 0 Å². The Morgan fingerprint density at radius 2 is 2.00 bits per heavy atom. The number of hydrogen-bond acceptors (Lipinski definition) is 6. The zero-order valence-corrected chi connectivity index (χ0v) is 13.4. The molecule has 0 atom stereocenters. The number of hydrogen-bond donors (Lipinski definition) is 1. The van der Waals surface area contributed by atoms with Gasteiger partial charge in [-0.2, -0.15) is 0 Å². The summed E-state index contributed by atoms with van der Waals surface area (Å²) in [6.45, 7) is -0.595. The smallest absolute Gasteiger partial charge is 0.338 e. The highest BCUT2D eigenvalue weighted by Gasteiger charge is 2.15. The van der Waals surface area contributed by atoms with E-state index in [4.69, 9.17) is 20.8 Å². The lowest BCUT2D eigenvalue weighted by Crippen LogP contribution is -2.33. The number of esters is 1. The van der Waals surface area contributed by atoms with Crippen LogP contribution in [0.25, 0.3) is 10.9 Å². The minimum Gasteiger partial charge on any atom is -0.459 e. The number of benzene rings is 1. The summed E-state index contributed by atoms with van der Waals surface area (Å²) in [5.41, 5.74) is 0.882. The number of rotatable bonds is 4. The molecule has 2 amide bonds. The number of pyridine rings is 1. The van der Waals surface area contributed by atoms with Gasteiger partial charge < -0.3 is 9.15 Å². The van der Waals surface area contributed by atoms with E-state index in [9.17, 15) is 14.4 Å². The number of imide groups is 1. The summed E-state index contributed by atoms with van der Waals surface area (Å²) in [7, 11) is 0. The summed E-state index contributed by atoms with van der Waals surface area (Å²) in [4.78, 5) is 39.4. The number of nitrogens with zero attached hydrogens (tertiary/aromatic N) is 1. The van der Waals surface area contributed by atoms with Crippen LogP contribution in [0, 0.1) is 0 Å². The van der Waals surface area contributed by atoms with E-state index in [-0.39, 0.29) is 11.3 Å². The minimum atomic E-state index is -0.760. The van der Waals surface area contributed by atoms with Crippen molar-refractivity contribution in [2.75, 3.05) is 6.61 Å². The van der Waals surface area contributed by atoms with Gasteiger partial charge in [-0.15, -0.1) is 0 Å². The van der Waals surface area contributed by atoms with E-state index in [0.29, 0.717) is 16.1 Å². The molecule has 0 bridgehead atoms. The van der Waals surface area contributed by atoms with Gasteiger partial charge in [0.05, 0.1) is 17.3 Å². The molecule has 0 unspecified atom stereocenters. The van der Waals surface area contributed by atoms with Crippen molar-refractivity contribution < 1.29 is 23.5 Å². The average molecular weight is 359 g/mol. The highest BCUT2D eigenvalue weighted by molar-refractivity contribution is 6.29. The zero-order valence-electron chi connectivity index (χ0n) is 12.7. The third-order valence-electron chi connectivity index (χ3n) is 3.22. The van der Waals surface area contributed by atoms with Gasteiger partial charge in [0, 0.05) is 5.39 Å². The Kier molecular flexibility index (Phi) is 4.76. The summed E-state index contributed by atoms with van der Waals surface area (Å²) < 4.78 is 9.75. The van der Waals surface area contributed by atoms with Gasteiger partial charge in [0.1, 0.15) is 5.15 Å². The predicted octanol–water partition coefficient (Wildman–Crippen LogP) is 2.59. The number of nitrogens with one attached hydrogen (secondary N) is 1. The fourth-order valence-electron chi connectivity index (χ4n) is 2.07. The fraction of sp³-hybridized carbons (Fsp3) is 0.0588. The molecular weight excluding hydrogens is 348 g/mol. The molecule has 0 fully saturated rings. The predicted molar refractivity (Wildman–Crippen MR) is 88.2 cm³/mol. The Hall–Kier alpha value is -3.19. The van der Waals surface area contributed by atoms with Gasteiger partial charge >= 0.3 is 5.97 Å². The number of ether oxygens (including phenoxy) is 1. The van der Waals surface area contributed by atoms with E-state index in [1.54, 1.807) is 24.3 Å². The molecule has 0 saturated carbocycles. The second-order valence-corrected chi connectivity index (χ2v) is 5.36. The van der Waals surface area contributed by atoms with Gasteiger partial charge in [-0.3, -0.25) is 14.9 Å². The average Bonchev–Trinajstić information content (AvgIpc) is 3.14. The van der Waals surface area contributed by atoms with Crippen LogP contribution in [-0.4, -0.2) is 29.4 Å². The summed E-state index contributed by atoms with van der Waals surface area (Å²) in [5.74, 6) is -2.18. The van der Waals surface area contributed by atoms with Crippen LogP contribution in [0.2, 0.25) is 5.15 Å². The Morgan fingerprint density at radius 3 is 2.76 bits per heavy atom. The zero-order chi connectivity index (χ0) is 17.8. The lowest BCUT2D eigenvalue weighted by molar-refractivity contribution is -0.123. The lowest BCUT2D eigenvalue weighted by Gasteiger charge is -2.06. The Bertz CT molecular complexity index is 953. The van der Waals surface area contributed by atoms with Crippen LogP contribution in [0.15, 0.2) is 53.1 Å². The van der Waals surface area contributed by atoms with Crippen LogP contribution in [0.5, 0.6) is 0 Å². The van der Waals surface area contributed by atoms with Gasteiger partial charge in [0.2, 0.25) is 0 Å². The van der Waals surface area contributed by atoms with Crippen molar-refractivity contribution in [2.45, 2.75) is 0 Å². The summed E-state index contributed by atoms with van der Waals surface area (Å²) in [6.07, 6.45) is 1.31. The van der Waals surface area contributed by atoms with E-state index in [0.717, 1.165) is 0 Å². The monoisotopic (exact) mass is 358 g/mol. The normalized spacial score (nSPS) is 10.4. The first-order chi connectivity index (χ1) is 12.0. The topological polar surface area (TPSA) is 98.5 Å². The molecular formula is C17H11ClN2O5. The maximum atomic E-state index is 12.0. The molecule has 126 valence electrons. The number of halogens is 1. The quantitative estimate of drug-likeness (QED) is 0.568. The first kappa shape index (κ1) is 16.7. The Morgan fingerprint density at radius 1 is 1.16 bits per heavy atom. The van der Waals surface area contributed by atoms with E-state index in [2.05, 4.69) is 10.3 Å². The molecule has 0 saturated heterocycles. The Labute approximate surface area is 146 Å². The molecule has 3 rings (SSSR count). The highest BCUT2D eigenvalue weighted by atomic mass is 35.5. The lowest BCUT2D eigenvalue weighted by atomic mass is 10.1. The van der Waals surface area contributed by atoms with Gasteiger partial charge in [0.15, 0.2) is 12.4 Å². The van der Waals surface area contributed by atoms with E-state index >= 15 is 0 Å². The fourth-order valence-corrected chi connectivity index (χ4v) is 2.23. The molecule has 0 aliphatic heterocycles. The molecule has 2 aromatic heterocycles. The molecule has 3 aromatic rings. The second-order valence-electron chi connectivity index (χ2n) is 4.97. The van der Waals surface area contributed by atoms with Crippen LogP contribution in [0.3, 0.4) is 0 Å². The number of furan rings is 1. The van der Waals surface area contributed by atoms with Crippen molar-refractivity contribution in [2.24, 2.45) is 0 Å². The molecule has 25 heavy (non-hydrogen) atoms. The first-order valence-electron chi connectivity index (χ1n) is 7.14. The number of amides is 2. The third kappa shape index (κ3) is 4.02. The van der Waals surface area contributed by atoms with Crippen LogP contribution in [0.4, 0.5) is 0 Å². The van der Waals surface area contributed by atoms with Crippen LogP contribution >= 0.6 is 11.6 Å². The molecule has 0 spiro atoms. The van der Waals surface area contributed by atoms with Crippen molar-refractivity contribution in [3.63, 3.8) is 0 Å². The number of carbonyl (C=O) groups excluding carboxylic acids is 3. The van der Waals surface area contributed by atoms with Gasteiger partial charge in [-0.25, -0.2) is 9.78 Å². The van der Waals surface area contributed by atoms with Gasteiger partial charge in [-0.05, 0) is 42.5 Å². The van der Waals surface area contributed by atoms with Crippen molar-refractivity contribution in [1.82, 2.24) is 10.3 Å². The molecule has 1 aromatic carbocycles. The maximum Gasteiger partial charge on any atom is 0.338 e.